The van der Waals surface area contributed by atoms with Gasteiger partial charge in [0.15, 0.2) is 0 Å². The van der Waals surface area contributed by atoms with Crippen molar-refractivity contribution in [1.82, 2.24) is 0 Å². The van der Waals surface area contributed by atoms with Gasteiger partial charge in [0, 0.05) is 15.1 Å². The van der Waals surface area contributed by atoms with E-state index in [1.165, 1.54) is 0 Å². The van der Waals surface area contributed by atoms with Crippen molar-refractivity contribution < 1.29 is 9.84 Å². The van der Waals surface area contributed by atoms with E-state index in [2.05, 4.69) is 40.8 Å². The molecule has 1 aliphatic heterocycles. The molecule has 0 bridgehead atoms. The van der Waals surface area contributed by atoms with Crippen molar-refractivity contribution in [2.75, 3.05) is 6.61 Å². The van der Waals surface area contributed by atoms with Crippen molar-refractivity contribution >= 4 is 22.6 Å². The third kappa shape index (κ3) is 2.12. The summed E-state index contributed by atoms with van der Waals surface area (Å²) in [6, 6.07) is 16.2. The summed E-state index contributed by atoms with van der Waals surface area (Å²) in [5, 5.41) is 10.2. The zero-order valence-electron chi connectivity index (χ0n) is 9.71. The second-order valence-electron chi connectivity index (χ2n) is 4.45. The van der Waals surface area contributed by atoms with Gasteiger partial charge in [-0.2, -0.15) is 0 Å². The Kier molecular flexibility index (Phi) is 3.26. The highest BCUT2D eigenvalue weighted by Crippen LogP contribution is 2.38. The predicted molar refractivity (Wildman–Crippen MR) is 78.9 cm³/mol. The van der Waals surface area contributed by atoms with Gasteiger partial charge >= 0.3 is 0 Å². The molecule has 18 heavy (non-hydrogen) atoms. The number of hydrogen-bond acceptors (Lipinski definition) is 2. The molecule has 0 saturated heterocycles. The Labute approximate surface area is 120 Å². The minimum absolute atomic E-state index is 0.00432. The predicted octanol–water partition coefficient (Wildman–Crippen LogP) is 3.18. The Bertz CT molecular complexity index is 554. The molecule has 0 fully saturated rings. The average Bonchev–Trinajstić information content (AvgIpc) is 2.39. The zero-order chi connectivity index (χ0) is 12.5. The fourth-order valence-corrected chi connectivity index (χ4v) is 2.95. The maximum atomic E-state index is 10.2. The van der Waals surface area contributed by atoms with Crippen molar-refractivity contribution in [2.45, 2.75) is 12.0 Å². The largest absolute Gasteiger partial charge is 0.491 e. The molecule has 0 aromatic heterocycles. The van der Waals surface area contributed by atoms with Crippen LogP contribution in [0.15, 0.2) is 48.5 Å². The molecule has 2 aromatic carbocycles. The van der Waals surface area contributed by atoms with Gasteiger partial charge < -0.3 is 9.84 Å². The van der Waals surface area contributed by atoms with E-state index in [0.717, 1.165) is 20.4 Å². The molecule has 0 radical (unpaired) electrons. The quantitative estimate of drug-likeness (QED) is 0.799. The SMILES string of the molecule is O[C@@H]1COc2ccc(I)cc2[C@H]1c1ccccc1. The first-order valence-electron chi connectivity index (χ1n) is 5.91. The lowest BCUT2D eigenvalue weighted by molar-refractivity contribution is 0.0770. The van der Waals surface area contributed by atoms with E-state index in [1.54, 1.807) is 0 Å². The van der Waals surface area contributed by atoms with Gasteiger partial charge in [-0.1, -0.05) is 30.3 Å². The van der Waals surface area contributed by atoms with Gasteiger partial charge in [-0.15, -0.1) is 0 Å². The van der Waals surface area contributed by atoms with Gasteiger partial charge in [0.2, 0.25) is 0 Å². The number of fused-ring (bicyclic) bond motifs is 1. The molecule has 0 unspecified atom stereocenters. The number of aliphatic hydroxyl groups excluding tert-OH is 1. The molecule has 92 valence electrons. The minimum atomic E-state index is -0.488. The summed E-state index contributed by atoms with van der Waals surface area (Å²) in [7, 11) is 0. The third-order valence-electron chi connectivity index (χ3n) is 3.26. The Morgan fingerprint density at radius 2 is 1.89 bits per heavy atom. The van der Waals surface area contributed by atoms with Crippen LogP contribution in [-0.2, 0) is 0 Å². The number of benzene rings is 2. The third-order valence-corrected chi connectivity index (χ3v) is 3.93. The minimum Gasteiger partial charge on any atom is -0.491 e. The molecule has 2 nitrogen and oxygen atoms in total. The summed E-state index contributed by atoms with van der Waals surface area (Å²) in [4.78, 5) is 0. The average molecular weight is 352 g/mol. The lowest BCUT2D eigenvalue weighted by Gasteiger charge is -2.31. The topological polar surface area (TPSA) is 29.5 Å². The summed E-state index contributed by atoms with van der Waals surface area (Å²) in [6.07, 6.45) is -0.488. The van der Waals surface area contributed by atoms with Gasteiger partial charge in [0.25, 0.3) is 0 Å². The van der Waals surface area contributed by atoms with Crippen LogP contribution in [0, 0.1) is 3.57 Å². The van der Waals surface area contributed by atoms with Gasteiger partial charge in [-0.25, -0.2) is 0 Å². The van der Waals surface area contributed by atoms with E-state index in [-0.39, 0.29) is 5.92 Å². The highest BCUT2D eigenvalue weighted by molar-refractivity contribution is 14.1. The lowest BCUT2D eigenvalue weighted by atomic mass is 9.85. The van der Waals surface area contributed by atoms with Crippen LogP contribution in [0.3, 0.4) is 0 Å². The van der Waals surface area contributed by atoms with Crippen LogP contribution in [0.1, 0.15) is 17.0 Å². The lowest BCUT2D eigenvalue weighted by Crippen LogP contribution is -2.31. The van der Waals surface area contributed by atoms with Crippen molar-refractivity contribution in [3.05, 3.63) is 63.2 Å². The molecule has 2 atom stereocenters. The normalized spacial score (nSPS) is 22.1. The van der Waals surface area contributed by atoms with E-state index in [1.807, 2.05) is 30.3 Å². The second-order valence-corrected chi connectivity index (χ2v) is 5.69. The van der Waals surface area contributed by atoms with E-state index in [9.17, 15) is 5.11 Å². The molecule has 3 rings (SSSR count). The molecular weight excluding hydrogens is 339 g/mol. The van der Waals surface area contributed by atoms with E-state index < -0.39 is 6.10 Å². The second kappa shape index (κ2) is 4.90. The summed E-state index contributed by atoms with van der Waals surface area (Å²) >= 11 is 2.29. The van der Waals surface area contributed by atoms with Crippen LogP contribution in [0.25, 0.3) is 0 Å². The number of hydrogen-bond donors (Lipinski definition) is 1. The van der Waals surface area contributed by atoms with Crippen molar-refractivity contribution in [1.29, 1.82) is 0 Å². The number of aliphatic hydroxyl groups is 1. The Morgan fingerprint density at radius 1 is 1.11 bits per heavy atom. The first kappa shape index (κ1) is 12.0. The van der Waals surface area contributed by atoms with Gasteiger partial charge in [0.05, 0.1) is 6.10 Å². The standard InChI is InChI=1S/C15H13IO2/c16-11-6-7-14-12(8-11)15(13(17)9-18-14)10-4-2-1-3-5-10/h1-8,13,15,17H,9H2/t13-,15-/m1/s1. The molecular formula is C15H13IO2. The van der Waals surface area contributed by atoms with Gasteiger partial charge in [-0.3, -0.25) is 0 Å². The summed E-state index contributed by atoms with van der Waals surface area (Å²) in [6.45, 7) is 0.354. The summed E-state index contributed by atoms with van der Waals surface area (Å²) in [5.41, 5.74) is 2.21. The van der Waals surface area contributed by atoms with Crippen LogP contribution in [-0.4, -0.2) is 17.8 Å². The molecule has 1 N–H and O–H groups in total. The van der Waals surface area contributed by atoms with Crippen molar-refractivity contribution in [3.63, 3.8) is 0 Å². The van der Waals surface area contributed by atoms with E-state index >= 15 is 0 Å². The smallest absolute Gasteiger partial charge is 0.123 e. The Morgan fingerprint density at radius 3 is 2.67 bits per heavy atom. The maximum absolute atomic E-state index is 10.2. The van der Waals surface area contributed by atoms with Crippen LogP contribution in [0.2, 0.25) is 0 Å². The molecule has 0 spiro atoms. The van der Waals surface area contributed by atoms with Gasteiger partial charge in [0.1, 0.15) is 12.4 Å². The Hall–Kier alpha value is -1.07. The molecule has 2 aromatic rings. The van der Waals surface area contributed by atoms with Crippen LogP contribution in [0.5, 0.6) is 5.75 Å². The molecule has 3 heteroatoms. The Balaban J connectivity index is 2.12. The summed E-state index contributed by atoms with van der Waals surface area (Å²) < 4.78 is 6.75. The molecule has 0 saturated carbocycles. The molecule has 0 amide bonds. The fourth-order valence-electron chi connectivity index (χ4n) is 2.43. The first-order chi connectivity index (χ1) is 8.75. The number of rotatable bonds is 1. The van der Waals surface area contributed by atoms with E-state index in [4.69, 9.17) is 4.74 Å². The highest BCUT2D eigenvalue weighted by Gasteiger charge is 2.30. The molecule has 0 aliphatic carbocycles. The number of ether oxygens (including phenoxy) is 1. The monoisotopic (exact) mass is 352 g/mol. The maximum Gasteiger partial charge on any atom is 0.123 e. The summed E-state index contributed by atoms with van der Waals surface area (Å²) in [5.74, 6) is 0.888. The first-order valence-corrected chi connectivity index (χ1v) is 6.99. The molecule has 1 aliphatic rings. The highest BCUT2D eigenvalue weighted by atomic mass is 127. The van der Waals surface area contributed by atoms with Crippen LogP contribution < -0.4 is 4.74 Å². The zero-order valence-corrected chi connectivity index (χ0v) is 11.9. The molecule has 1 heterocycles. The number of halogens is 1. The van der Waals surface area contributed by atoms with Crippen LogP contribution in [0.4, 0.5) is 0 Å². The van der Waals surface area contributed by atoms with E-state index in [0.29, 0.717) is 6.61 Å². The van der Waals surface area contributed by atoms with Crippen molar-refractivity contribution in [3.8, 4) is 5.75 Å². The van der Waals surface area contributed by atoms with Crippen molar-refractivity contribution in [2.24, 2.45) is 0 Å². The fraction of sp³-hybridized carbons (Fsp3) is 0.200. The van der Waals surface area contributed by atoms with Crippen LogP contribution >= 0.6 is 22.6 Å². The van der Waals surface area contributed by atoms with Gasteiger partial charge in [-0.05, 0) is 46.4 Å².